The fraction of sp³-hybridized carbons (Fsp3) is 1.00. The van der Waals surface area contributed by atoms with Crippen LogP contribution < -0.4 is 0 Å². The van der Waals surface area contributed by atoms with Crippen LogP contribution in [0.3, 0.4) is 0 Å². The van der Waals surface area contributed by atoms with Crippen molar-refractivity contribution in [1.82, 2.24) is 0 Å². The van der Waals surface area contributed by atoms with Crippen LogP contribution in [0.4, 0.5) is 0 Å². The number of hydrogen-bond acceptors (Lipinski definition) is 3. The summed E-state index contributed by atoms with van der Waals surface area (Å²) < 4.78 is 25.6. The van der Waals surface area contributed by atoms with Crippen molar-refractivity contribution < 1.29 is 18.3 Å². The molecule has 0 heterocycles. The molecule has 0 aliphatic carbocycles. The zero-order chi connectivity index (χ0) is 23.0. The number of phosphoric ester groups is 1. The maximum absolute atomic E-state index is 13.3. The zero-order valence-corrected chi connectivity index (χ0v) is 23.0. The molecule has 2 unspecified atom stereocenters. The summed E-state index contributed by atoms with van der Waals surface area (Å²) in [5.41, 5.74) is 0. The second-order valence-electron chi connectivity index (χ2n) is 9.43. The molecule has 0 spiro atoms. The van der Waals surface area contributed by atoms with Crippen LogP contribution in [-0.4, -0.2) is 36.1 Å². The summed E-state index contributed by atoms with van der Waals surface area (Å²) in [6, 6.07) is 0. The third kappa shape index (κ3) is 11.4. The van der Waals surface area contributed by atoms with E-state index in [9.17, 15) is 9.46 Å². The molecule has 0 aromatic heterocycles. The molecule has 6 heteroatoms. The number of hydrogen-bond donors (Lipinski definition) is 1. The Labute approximate surface area is 188 Å². The van der Waals surface area contributed by atoms with E-state index in [1.54, 1.807) is 0 Å². The van der Waals surface area contributed by atoms with Crippen molar-refractivity contribution in [3.63, 3.8) is 0 Å². The Balaban J connectivity index is 5.77. The minimum atomic E-state index is -4.08. The molecule has 30 heavy (non-hydrogen) atoms. The predicted octanol–water partition coefficient (Wildman–Crippen LogP) is 9.01. The summed E-state index contributed by atoms with van der Waals surface area (Å²) in [5.74, 6) is 0.331. The van der Waals surface area contributed by atoms with Crippen molar-refractivity contribution in [2.45, 2.75) is 119 Å². The fourth-order valence-electron chi connectivity index (χ4n) is 4.48. The van der Waals surface area contributed by atoms with Crippen LogP contribution in [0.15, 0.2) is 0 Å². The van der Waals surface area contributed by atoms with Gasteiger partial charge in [-0.25, -0.2) is 0 Å². The second kappa shape index (κ2) is 16.2. The predicted molar refractivity (Wildman–Crippen MR) is 136 cm³/mol. The summed E-state index contributed by atoms with van der Waals surface area (Å²) in [5, 5.41) is 0. The molecule has 4 nitrogen and oxygen atoms in total. The van der Waals surface area contributed by atoms with Crippen LogP contribution in [0.1, 0.15) is 119 Å². The third-order valence-electron chi connectivity index (χ3n) is 6.66. The molecule has 0 radical (unpaired) electrons. The van der Waals surface area contributed by atoms with E-state index in [4.69, 9.17) is 8.83 Å². The number of rotatable bonds is 21. The first kappa shape index (κ1) is 30.5. The molecule has 0 saturated heterocycles. The summed E-state index contributed by atoms with van der Waals surface area (Å²) >= 11 is 0. The van der Waals surface area contributed by atoms with Crippen LogP contribution in [0.5, 0.6) is 0 Å². The first-order chi connectivity index (χ1) is 14.3. The van der Waals surface area contributed by atoms with E-state index in [2.05, 4.69) is 41.5 Å². The molecule has 2 atom stereocenters. The van der Waals surface area contributed by atoms with Gasteiger partial charge >= 0.3 is 189 Å². The van der Waals surface area contributed by atoms with Crippen molar-refractivity contribution >= 4 is 14.7 Å². The van der Waals surface area contributed by atoms with Gasteiger partial charge in [-0.1, -0.05) is 0 Å². The van der Waals surface area contributed by atoms with Crippen LogP contribution >= 0.6 is 14.7 Å². The van der Waals surface area contributed by atoms with Gasteiger partial charge in [0, 0.05) is 0 Å². The quantitative estimate of drug-likeness (QED) is 0.171. The van der Waals surface area contributed by atoms with Gasteiger partial charge in [0.2, 0.25) is 0 Å². The van der Waals surface area contributed by atoms with Crippen LogP contribution in [-0.2, 0) is 13.4 Å². The van der Waals surface area contributed by atoms with E-state index in [1.807, 2.05) is 0 Å². The van der Waals surface area contributed by atoms with E-state index in [0.717, 1.165) is 102 Å². The molecule has 0 saturated carbocycles. The van der Waals surface area contributed by atoms with E-state index < -0.39 is 14.7 Å². The first-order valence-corrected chi connectivity index (χ1v) is 17.3. The number of phosphoric acid groups is 1. The molecule has 0 rings (SSSR count). The molecule has 0 bridgehead atoms. The van der Waals surface area contributed by atoms with E-state index in [-0.39, 0.29) is 0 Å². The van der Waals surface area contributed by atoms with Gasteiger partial charge in [0.05, 0.1) is 0 Å². The summed E-state index contributed by atoms with van der Waals surface area (Å²) in [4.78, 5) is 10.9. The molecule has 0 aromatic carbocycles. The Kier molecular flexibility index (Phi) is 16.5. The van der Waals surface area contributed by atoms with Gasteiger partial charge in [0.15, 0.2) is 0 Å². The van der Waals surface area contributed by atoms with Gasteiger partial charge in [-0.15, -0.1) is 0 Å². The Morgan fingerprint density at radius 3 is 1.47 bits per heavy atom. The standard InChI is InChI=1S/C24H54O4P2/c1-7-13-18-24(12-6)23-27-29(25,26)28-30(19-14-8-2,20-15-9-3,21-16-10-4)22-17-11-5/h24H,7-23H2,1-6H3,(H,25,26). The topological polar surface area (TPSA) is 55.8 Å². The molecule has 0 fully saturated rings. The van der Waals surface area contributed by atoms with E-state index >= 15 is 0 Å². The van der Waals surface area contributed by atoms with E-state index in [1.165, 1.54) is 0 Å². The zero-order valence-electron chi connectivity index (χ0n) is 21.2. The SMILES string of the molecule is CCCCC(CC)COP(=O)(O)OP(CCCC)(CCCC)(CCCC)CCCC. The van der Waals surface area contributed by atoms with Gasteiger partial charge in [0.1, 0.15) is 0 Å². The minimum absolute atomic E-state index is 0.331. The fourth-order valence-corrected chi connectivity index (χ4v) is 14.5. The van der Waals surface area contributed by atoms with E-state index in [0.29, 0.717) is 12.5 Å². The Morgan fingerprint density at radius 2 is 1.13 bits per heavy atom. The van der Waals surface area contributed by atoms with Gasteiger partial charge < -0.3 is 0 Å². The van der Waals surface area contributed by atoms with Crippen molar-refractivity contribution in [2.24, 2.45) is 5.92 Å². The Hall–Kier alpha value is 0.540. The molecule has 184 valence electrons. The Bertz CT molecular complexity index is 427. The molecule has 0 aliphatic rings. The average Bonchev–Trinajstić information content (AvgIpc) is 2.74. The van der Waals surface area contributed by atoms with Crippen molar-refractivity contribution in [3.8, 4) is 0 Å². The maximum atomic E-state index is 13.3. The van der Waals surface area contributed by atoms with Crippen LogP contribution in [0, 0.1) is 5.92 Å². The van der Waals surface area contributed by atoms with Gasteiger partial charge in [-0.3, -0.25) is 0 Å². The van der Waals surface area contributed by atoms with Crippen LogP contribution in [0.25, 0.3) is 0 Å². The average molecular weight is 469 g/mol. The summed E-state index contributed by atoms with van der Waals surface area (Å²) in [6.07, 6.45) is 16.9. The summed E-state index contributed by atoms with van der Waals surface area (Å²) in [7, 11) is -4.08. The van der Waals surface area contributed by atoms with Crippen molar-refractivity contribution in [1.29, 1.82) is 0 Å². The monoisotopic (exact) mass is 468 g/mol. The van der Waals surface area contributed by atoms with Crippen molar-refractivity contribution in [3.05, 3.63) is 0 Å². The van der Waals surface area contributed by atoms with Gasteiger partial charge in [0.25, 0.3) is 0 Å². The molecular formula is C24H54O4P2. The van der Waals surface area contributed by atoms with Crippen molar-refractivity contribution in [2.75, 3.05) is 31.3 Å². The first-order valence-electron chi connectivity index (χ1n) is 13.0. The second-order valence-corrected chi connectivity index (χ2v) is 16.8. The molecule has 1 N–H and O–H groups in total. The van der Waals surface area contributed by atoms with Crippen LogP contribution in [0.2, 0.25) is 0 Å². The third-order valence-corrected chi connectivity index (χ3v) is 15.6. The molecule has 0 aliphatic heterocycles. The van der Waals surface area contributed by atoms with Gasteiger partial charge in [-0.2, -0.15) is 0 Å². The molecular weight excluding hydrogens is 414 g/mol. The Morgan fingerprint density at radius 1 is 0.733 bits per heavy atom. The number of unbranched alkanes of at least 4 members (excludes halogenated alkanes) is 5. The molecule has 0 aromatic rings. The van der Waals surface area contributed by atoms with Gasteiger partial charge in [-0.05, 0) is 0 Å². The molecule has 0 amide bonds. The summed E-state index contributed by atoms with van der Waals surface area (Å²) in [6.45, 7) is 10.7. The normalized spacial score (nSPS) is 16.7.